The van der Waals surface area contributed by atoms with Crippen molar-refractivity contribution in [2.45, 2.75) is 13.5 Å². The van der Waals surface area contributed by atoms with Crippen molar-refractivity contribution in [3.63, 3.8) is 0 Å². The Balaban J connectivity index is 1.50. The summed E-state index contributed by atoms with van der Waals surface area (Å²) in [6.45, 7) is 0.754. The summed E-state index contributed by atoms with van der Waals surface area (Å²) in [5.41, 5.74) is 0.950. The number of hydrogen-bond donors (Lipinski definition) is 1. The highest BCUT2D eigenvalue weighted by molar-refractivity contribution is 7.13. The first kappa shape index (κ1) is 18.4. The summed E-state index contributed by atoms with van der Waals surface area (Å²) in [7, 11) is 0. The van der Waals surface area contributed by atoms with E-state index in [2.05, 4.69) is 20.7 Å². The van der Waals surface area contributed by atoms with Crippen molar-refractivity contribution in [2.75, 3.05) is 11.9 Å². The number of esters is 1. The lowest BCUT2D eigenvalue weighted by Crippen LogP contribution is -2.19. The standard InChI is InChI=1S/C17H15N5O4S/c1-11(23)18-13-6-4-12(5-7-13)14(24)10-26-16(25)9-22-20-17(19-21-22)15-3-2-8-27-15/h2-8H,9-10H2,1H3,(H,18,23). The lowest BCUT2D eigenvalue weighted by molar-refractivity contribution is -0.143. The Labute approximate surface area is 158 Å². The van der Waals surface area contributed by atoms with Crippen LogP contribution >= 0.6 is 11.3 Å². The van der Waals surface area contributed by atoms with Gasteiger partial charge in [-0.1, -0.05) is 6.07 Å². The molecule has 0 atom stereocenters. The van der Waals surface area contributed by atoms with E-state index in [0.29, 0.717) is 17.1 Å². The second-order valence-corrected chi connectivity index (χ2v) is 6.41. The first-order valence-electron chi connectivity index (χ1n) is 7.89. The fourth-order valence-electron chi connectivity index (χ4n) is 2.15. The molecule has 0 bridgehead atoms. The van der Waals surface area contributed by atoms with Crippen LogP contribution in [0.15, 0.2) is 41.8 Å². The third-order valence-corrected chi connectivity index (χ3v) is 4.22. The summed E-state index contributed by atoms with van der Waals surface area (Å²) >= 11 is 1.46. The molecule has 0 spiro atoms. The molecule has 3 aromatic rings. The monoisotopic (exact) mass is 385 g/mol. The Morgan fingerprint density at radius 3 is 2.63 bits per heavy atom. The highest BCUT2D eigenvalue weighted by Crippen LogP contribution is 2.19. The minimum atomic E-state index is -0.645. The predicted molar refractivity (Wildman–Crippen MR) is 97.2 cm³/mol. The lowest BCUT2D eigenvalue weighted by atomic mass is 10.1. The SMILES string of the molecule is CC(=O)Nc1ccc(C(=O)COC(=O)Cn2nnc(-c3cccs3)n2)cc1. The molecule has 0 saturated carbocycles. The second kappa shape index (κ2) is 8.32. The van der Waals surface area contributed by atoms with Gasteiger partial charge in [0.2, 0.25) is 11.7 Å². The van der Waals surface area contributed by atoms with Crippen molar-refractivity contribution in [1.82, 2.24) is 20.2 Å². The van der Waals surface area contributed by atoms with E-state index in [1.54, 1.807) is 24.3 Å². The highest BCUT2D eigenvalue weighted by atomic mass is 32.1. The molecule has 1 N–H and O–H groups in total. The fourth-order valence-corrected chi connectivity index (χ4v) is 2.80. The molecule has 0 aliphatic carbocycles. The number of anilines is 1. The molecule has 0 unspecified atom stereocenters. The molecule has 2 aromatic heterocycles. The zero-order chi connectivity index (χ0) is 19.2. The number of rotatable bonds is 7. The molecule has 27 heavy (non-hydrogen) atoms. The minimum Gasteiger partial charge on any atom is -0.456 e. The van der Waals surface area contributed by atoms with Crippen LogP contribution in [-0.2, 0) is 20.9 Å². The van der Waals surface area contributed by atoms with Gasteiger partial charge in [0, 0.05) is 18.2 Å². The highest BCUT2D eigenvalue weighted by Gasteiger charge is 2.13. The predicted octanol–water partition coefficient (Wildman–Crippen LogP) is 1.79. The Bertz CT molecular complexity index is 950. The summed E-state index contributed by atoms with van der Waals surface area (Å²) < 4.78 is 4.97. The van der Waals surface area contributed by atoms with E-state index >= 15 is 0 Å². The molecule has 0 fully saturated rings. The van der Waals surface area contributed by atoms with Crippen molar-refractivity contribution in [3.8, 4) is 10.7 Å². The van der Waals surface area contributed by atoms with E-state index in [1.165, 1.54) is 18.3 Å². The third kappa shape index (κ3) is 5.05. The second-order valence-electron chi connectivity index (χ2n) is 5.46. The Morgan fingerprint density at radius 2 is 1.96 bits per heavy atom. The number of amides is 1. The Hall–Kier alpha value is -3.40. The van der Waals surface area contributed by atoms with Crippen LogP contribution in [0, 0.1) is 0 Å². The molecular weight excluding hydrogens is 370 g/mol. The number of carbonyl (C=O) groups is 3. The van der Waals surface area contributed by atoms with Crippen molar-refractivity contribution in [2.24, 2.45) is 0 Å². The van der Waals surface area contributed by atoms with E-state index in [-0.39, 0.29) is 18.2 Å². The molecular formula is C17H15N5O4S. The molecule has 0 radical (unpaired) electrons. The molecule has 1 aromatic carbocycles. The first-order valence-corrected chi connectivity index (χ1v) is 8.77. The fraction of sp³-hybridized carbons (Fsp3) is 0.176. The maximum absolute atomic E-state index is 12.1. The van der Waals surface area contributed by atoms with Gasteiger partial charge < -0.3 is 10.1 Å². The Kier molecular flexibility index (Phi) is 5.67. The molecule has 0 aliphatic heterocycles. The van der Waals surface area contributed by atoms with Crippen molar-refractivity contribution < 1.29 is 19.1 Å². The average molecular weight is 385 g/mol. The minimum absolute atomic E-state index is 0.202. The van der Waals surface area contributed by atoms with E-state index in [1.807, 2.05) is 17.5 Å². The van der Waals surface area contributed by atoms with Crippen LogP contribution in [0.25, 0.3) is 10.7 Å². The lowest BCUT2D eigenvalue weighted by Gasteiger charge is -2.05. The average Bonchev–Trinajstić information content (AvgIpc) is 3.31. The number of Topliss-reactive ketones (excluding diaryl/α,β-unsaturated/α-hetero) is 1. The van der Waals surface area contributed by atoms with Gasteiger partial charge in [0.15, 0.2) is 18.9 Å². The van der Waals surface area contributed by atoms with Crippen LogP contribution in [0.2, 0.25) is 0 Å². The summed E-state index contributed by atoms with van der Waals surface area (Å²) in [5.74, 6) is -0.781. The third-order valence-electron chi connectivity index (χ3n) is 3.36. The van der Waals surface area contributed by atoms with Gasteiger partial charge in [-0.15, -0.1) is 21.5 Å². The maximum Gasteiger partial charge on any atom is 0.330 e. The largest absolute Gasteiger partial charge is 0.456 e. The molecule has 3 rings (SSSR count). The van der Waals surface area contributed by atoms with Gasteiger partial charge in [0.1, 0.15) is 0 Å². The smallest absolute Gasteiger partial charge is 0.330 e. The Morgan fingerprint density at radius 1 is 1.19 bits per heavy atom. The molecule has 138 valence electrons. The van der Waals surface area contributed by atoms with Gasteiger partial charge in [0.05, 0.1) is 4.88 Å². The number of hydrogen-bond acceptors (Lipinski definition) is 8. The van der Waals surface area contributed by atoms with Crippen LogP contribution in [-0.4, -0.2) is 44.5 Å². The molecule has 9 nitrogen and oxygen atoms in total. The van der Waals surface area contributed by atoms with Crippen LogP contribution < -0.4 is 5.32 Å². The molecule has 2 heterocycles. The number of benzene rings is 1. The van der Waals surface area contributed by atoms with E-state index in [0.717, 1.165) is 9.67 Å². The van der Waals surface area contributed by atoms with Gasteiger partial charge in [-0.2, -0.15) is 4.80 Å². The van der Waals surface area contributed by atoms with E-state index in [4.69, 9.17) is 4.74 Å². The van der Waals surface area contributed by atoms with Crippen molar-refractivity contribution in [3.05, 3.63) is 47.3 Å². The molecule has 0 aliphatic rings. The van der Waals surface area contributed by atoms with Gasteiger partial charge in [-0.05, 0) is 40.9 Å². The number of carbonyl (C=O) groups excluding carboxylic acids is 3. The number of thiophene rings is 1. The number of nitrogens with one attached hydrogen (secondary N) is 1. The summed E-state index contributed by atoms with van der Waals surface area (Å²) in [4.78, 5) is 36.9. The number of tetrazole rings is 1. The van der Waals surface area contributed by atoms with Gasteiger partial charge in [0.25, 0.3) is 0 Å². The summed E-state index contributed by atoms with van der Waals surface area (Å²) in [6.07, 6.45) is 0. The van der Waals surface area contributed by atoms with Crippen LogP contribution in [0.5, 0.6) is 0 Å². The quantitative estimate of drug-likeness (QED) is 0.487. The number of aromatic nitrogens is 4. The molecule has 0 saturated heterocycles. The van der Waals surface area contributed by atoms with Crippen molar-refractivity contribution >= 4 is 34.7 Å². The van der Waals surface area contributed by atoms with Gasteiger partial charge >= 0.3 is 5.97 Å². The summed E-state index contributed by atoms with van der Waals surface area (Å²) in [6, 6.07) is 10.0. The van der Waals surface area contributed by atoms with Crippen LogP contribution in [0.4, 0.5) is 5.69 Å². The maximum atomic E-state index is 12.1. The zero-order valence-corrected chi connectivity index (χ0v) is 15.1. The van der Waals surface area contributed by atoms with Gasteiger partial charge in [-0.25, -0.2) is 4.79 Å². The number of nitrogens with zero attached hydrogens (tertiary/aromatic N) is 4. The number of ketones is 1. The topological polar surface area (TPSA) is 116 Å². The van der Waals surface area contributed by atoms with E-state index in [9.17, 15) is 14.4 Å². The van der Waals surface area contributed by atoms with Gasteiger partial charge in [-0.3, -0.25) is 9.59 Å². The van der Waals surface area contributed by atoms with Crippen LogP contribution in [0.3, 0.4) is 0 Å². The van der Waals surface area contributed by atoms with Crippen molar-refractivity contribution in [1.29, 1.82) is 0 Å². The molecule has 1 amide bonds. The number of ether oxygens (including phenoxy) is 1. The van der Waals surface area contributed by atoms with E-state index < -0.39 is 12.6 Å². The normalized spacial score (nSPS) is 10.4. The van der Waals surface area contributed by atoms with Crippen LogP contribution in [0.1, 0.15) is 17.3 Å². The summed E-state index contributed by atoms with van der Waals surface area (Å²) in [5, 5.41) is 16.2. The first-order chi connectivity index (χ1) is 13.0. The molecule has 10 heteroatoms. The zero-order valence-electron chi connectivity index (χ0n) is 14.3.